The highest BCUT2D eigenvalue weighted by molar-refractivity contribution is 5.42. The van der Waals surface area contributed by atoms with E-state index in [0.29, 0.717) is 42.0 Å². The summed E-state index contributed by atoms with van der Waals surface area (Å²) in [4.78, 5) is 4.03. The third-order valence-corrected chi connectivity index (χ3v) is 3.19. The fourth-order valence-corrected chi connectivity index (χ4v) is 2.38. The minimum atomic E-state index is -4.42. The Hall–Kier alpha value is -2.05. The summed E-state index contributed by atoms with van der Waals surface area (Å²) in [6.45, 7) is 0. The molecule has 0 amide bonds. The molecule has 2 heterocycles. The number of hydrogen-bond donors (Lipinski definition) is 1. The van der Waals surface area contributed by atoms with E-state index in [2.05, 4.69) is 10.1 Å². The van der Waals surface area contributed by atoms with Crippen LogP contribution >= 0.6 is 0 Å². The van der Waals surface area contributed by atoms with Crippen molar-refractivity contribution in [1.29, 1.82) is 0 Å². The van der Waals surface area contributed by atoms with Crippen LogP contribution in [0.3, 0.4) is 0 Å². The van der Waals surface area contributed by atoms with Gasteiger partial charge in [-0.15, -0.1) is 0 Å². The summed E-state index contributed by atoms with van der Waals surface area (Å²) in [6, 6.07) is 3.17. The molecule has 0 atom stereocenters. The number of nitrogen functional groups attached to an aromatic ring is 1. The molecule has 0 aliphatic heterocycles. The molecule has 1 aliphatic rings. The van der Waals surface area contributed by atoms with Gasteiger partial charge in [0.05, 0.1) is 11.9 Å². The van der Waals surface area contributed by atoms with Gasteiger partial charge in [-0.1, -0.05) is 0 Å². The topological polar surface area (TPSA) is 56.7 Å². The van der Waals surface area contributed by atoms with Crippen LogP contribution in [0.15, 0.2) is 18.3 Å². The van der Waals surface area contributed by atoms with Crippen LogP contribution in [0.25, 0.3) is 5.82 Å². The molecule has 1 aliphatic carbocycles. The molecule has 2 N–H and O–H groups in total. The van der Waals surface area contributed by atoms with Crippen molar-refractivity contribution in [2.45, 2.75) is 25.4 Å². The molecule has 2 aromatic rings. The maximum Gasteiger partial charge on any atom is 0.435 e. The van der Waals surface area contributed by atoms with Gasteiger partial charge in [-0.25, -0.2) is 9.67 Å². The van der Waals surface area contributed by atoms with E-state index in [1.165, 1.54) is 10.9 Å². The lowest BCUT2D eigenvalue weighted by atomic mass is 10.2. The second-order valence-electron chi connectivity index (χ2n) is 4.49. The summed E-state index contributed by atoms with van der Waals surface area (Å²) in [7, 11) is 0. The third-order valence-electron chi connectivity index (χ3n) is 3.19. The number of pyridine rings is 1. The van der Waals surface area contributed by atoms with Crippen molar-refractivity contribution in [2.24, 2.45) is 0 Å². The molecular weight excluding hydrogens is 257 g/mol. The highest BCUT2D eigenvalue weighted by atomic mass is 19.4. The van der Waals surface area contributed by atoms with Gasteiger partial charge in [0, 0.05) is 11.3 Å². The second-order valence-corrected chi connectivity index (χ2v) is 4.49. The highest BCUT2D eigenvalue weighted by Crippen LogP contribution is 2.37. The largest absolute Gasteiger partial charge is 0.435 e. The standard InChI is InChI=1S/C12H11F3N4/c13-12(14,15)11-8-2-1-3-9(8)19(18-11)10-5-4-7(16)6-17-10/h4-6H,1-3,16H2. The molecule has 19 heavy (non-hydrogen) atoms. The van der Waals surface area contributed by atoms with Gasteiger partial charge >= 0.3 is 6.18 Å². The van der Waals surface area contributed by atoms with Gasteiger partial charge in [0.1, 0.15) is 0 Å². The number of hydrogen-bond acceptors (Lipinski definition) is 3. The number of aromatic nitrogens is 3. The Balaban J connectivity index is 2.15. The molecule has 0 aromatic carbocycles. The summed E-state index contributed by atoms with van der Waals surface area (Å²) in [5, 5.41) is 3.69. The number of anilines is 1. The van der Waals surface area contributed by atoms with E-state index in [1.807, 2.05) is 0 Å². The monoisotopic (exact) mass is 268 g/mol. The predicted molar refractivity (Wildman–Crippen MR) is 62.8 cm³/mol. The normalized spacial score (nSPS) is 14.7. The Morgan fingerprint density at radius 3 is 2.63 bits per heavy atom. The zero-order valence-electron chi connectivity index (χ0n) is 9.91. The summed E-state index contributed by atoms with van der Waals surface area (Å²) < 4.78 is 40.0. The van der Waals surface area contributed by atoms with Crippen LogP contribution < -0.4 is 5.73 Å². The van der Waals surface area contributed by atoms with Gasteiger partial charge < -0.3 is 5.73 Å². The van der Waals surface area contributed by atoms with E-state index in [-0.39, 0.29) is 0 Å². The van der Waals surface area contributed by atoms with E-state index < -0.39 is 11.9 Å². The van der Waals surface area contributed by atoms with E-state index in [4.69, 9.17) is 5.73 Å². The van der Waals surface area contributed by atoms with Crippen LogP contribution in [0.4, 0.5) is 18.9 Å². The lowest BCUT2D eigenvalue weighted by Gasteiger charge is -2.05. The third kappa shape index (κ3) is 1.94. The minimum Gasteiger partial charge on any atom is -0.397 e. The van der Waals surface area contributed by atoms with E-state index in [1.54, 1.807) is 12.1 Å². The lowest BCUT2D eigenvalue weighted by Crippen LogP contribution is -2.10. The maximum absolute atomic E-state index is 12.9. The molecule has 0 saturated carbocycles. The van der Waals surface area contributed by atoms with E-state index >= 15 is 0 Å². The van der Waals surface area contributed by atoms with Crippen molar-refractivity contribution in [3.8, 4) is 5.82 Å². The summed E-state index contributed by atoms with van der Waals surface area (Å²) in [5.41, 5.74) is 6.09. The summed E-state index contributed by atoms with van der Waals surface area (Å²) in [6.07, 6.45) is -1.30. The van der Waals surface area contributed by atoms with Gasteiger partial charge in [-0.05, 0) is 31.4 Å². The van der Waals surface area contributed by atoms with Gasteiger partial charge in [0.15, 0.2) is 11.5 Å². The molecule has 4 nitrogen and oxygen atoms in total. The first kappa shape index (κ1) is 12.0. The molecule has 100 valence electrons. The first-order chi connectivity index (χ1) is 8.97. The van der Waals surface area contributed by atoms with Gasteiger partial charge in [0.2, 0.25) is 0 Å². The number of nitrogens with two attached hydrogens (primary N) is 1. The van der Waals surface area contributed by atoms with Crippen LogP contribution in [0.5, 0.6) is 0 Å². The van der Waals surface area contributed by atoms with Crippen LogP contribution in [-0.2, 0) is 19.0 Å². The lowest BCUT2D eigenvalue weighted by molar-refractivity contribution is -0.141. The van der Waals surface area contributed by atoms with Crippen LogP contribution in [-0.4, -0.2) is 14.8 Å². The molecule has 0 saturated heterocycles. The van der Waals surface area contributed by atoms with Crippen molar-refractivity contribution >= 4 is 5.69 Å². The Bertz CT molecular complexity index is 613. The quantitative estimate of drug-likeness (QED) is 0.863. The SMILES string of the molecule is Nc1ccc(-n2nc(C(F)(F)F)c3c2CCC3)nc1. The first-order valence-corrected chi connectivity index (χ1v) is 5.86. The number of rotatable bonds is 1. The number of nitrogens with zero attached hydrogens (tertiary/aromatic N) is 3. The highest BCUT2D eigenvalue weighted by Gasteiger charge is 2.40. The van der Waals surface area contributed by atoms with Crippen molar-refractivity contribution in [3.05, 3.63) is 35.3 Å². The summed E-state index contributed by atoms with van der Waals surface area (Å²) >= 11 is 0. The van der Waals surface area contributed by atoms with Gasteiger partial charge in [-0.2, -0.15) is 18.3 Å². The average Bonchev–Trinajstić information content (AvgIpc) is 2.89. The molecule has 0 spiro atoms. The fourth-order valence-electron chi connectivity index (χ4n) is 2.38. The van der Waals surface area contributed by atoms with Crippen molar-refractivity contribution in [1.82, 2.24) is 14.8 Å². The first-order valence-electron chi connectivity index (χ1n) is 5.86. The van der Waals surface area contributed by atoms with Gasteiger partial charge in [-0.3, -0.25) is 0 Å². The van der Waals surface area contributed by atoms with Crippen molar-refractivity contribution < 1.29 is 13.2 Å². The molecule has 0 unspecified atom stereocenters. The average molecular weight is 268 g/mol. The maximum atomic E-state index is 12.9. The van der Waals surface area contributed by atoms with E-state index in [0.717, 1.165) is 0 Å². The zero-order chi connectivity index (χ0) is 13.6. The Labute approximate surface area is 107 Å². The fraction of sp³-hybridized carbons (Fsp3) is 0.333. The Morgan fingerprint density at radius 2 is 2.00 bits per heavy atom. The van der Waals surface area contributed by atoms with Crippen molar-refractivity contribution in [3.63, 3.8) is 0 Å². The van der Waals surface area contributed by atoms with Crippen molar-refractivity contribution in [2.75, 3.05) is 5.73 Å². The molecule has 3 rings (SSSR count). The molecule has 0 fully saturated rings. The van der Waals surface area contributed by atoms with Crippen LogP contribution in [0.1, 0.15) is 23.4 Å². The number of fused-ring (bicyclic) bond motifs is 1. The van der Waals surface area contributed by atoms with E-state index in [9.17, 15) is 13.2 Å². The molecule has 0 radical (unpaired) electrons. The smallest absolute Gasteiger partial charge is 0.397 e. The molecular formula is C12H11F3N4. The van der Waals surface area contributed by atoms with Crippen LogP contribution in [0.2, 0.25) is 0 Å². The molecule has 2 aromatic heterocycles. The Kier molecular flexibility index (Phi) is 2.51. The second kappa shape index (κ2) is 3.97. The molecule has 7 heteroatoms. The summed E-state index contributed by atoms with van der Waals surface area (Å²) in [5.74, 6) is 0.364. The van der Waals surface area contributed by atoms with Crippen LogP contribution in [0, 0.1) is 0 Å². The zero-order valence-corrected chi connectivity index (χ0v) is 9.91. The minimum absolute atomic E-state index is 0.297. The van der Waals surface area contributed by atoms with Gasteiger partial charge in [0.25, 0.3) is 0 Å². The number of alkyl halides is 3. The Morgan fingerprint density at radius 1 is 1.21 bits per heavy atom. The number of halogens is 3. The predicted octanol–water partition coefficient (Wildman–Crippen LogP) is 2.36. The molecule has 0 bridgehead atoms.